The largest absolute Gasteiger partial charge is 0.454 e. The molecule has 3 rings (SSSR count). The van der Waals surface area contributed by atoms with E-state index >= 15 is 0 Å². The Labute approximate surface area is 132 Å². The number of nitrogens with one attached hydrogen (secondary N) is 2. The maximum absolute atomic E-state index is 5.40. The molecule has 2 unspecified atom stereocenters. The van der Waals surface area contributed by atoms with Crippen LogP contribution in [-0.2, 0) is 6.42 Å². The summed E-state index contributed by atoms with van der Waals surface area (Å²) in [7, 11) is 1.83. The molecule has 1 heterocycles. The van der Waals surface area contributed by atoms with E-state index in [0.29, 0.717) is 12.8 Å². The van der Waals surface area contributed by atoms with Gasteiger partial charge in [-0.15, -0.1) is 0 Å². The van der Waals surface area contributed by atoms with Crippen molar-refractivity contribution in [2.45, 2.75) is 38.6 Å². The van der Waals surface area contributed by atoms with Crippen molar-refractivity contribution < 1.29 is 9.47 Å². The Hall–Kier alpha value is -1.91. The van der Waals surface area contributed by atoms with Gasteiger partial charge in [-0.25, -0.2) is 0 Å². The van der Waals surface area contributed by atoms with Gasteiger partial charge in [-0.3, -0.25) is 4.99 Å². The molecule has 1 fully saturated rings. The summed E-state index contributed by atoms with van der Waals surface area (Å²) < 4.78 is 10.7. The smallest absolute Gasteiger partial charge is 0.231 e. The molecule has 1 saturated carbocycles. The number of hydrogen-bond acceptors (Lipinski definition) is 3. The zero-order chi connectivity index (χ0) is 15.4. The quantitative estimate of drug-likeness (QED) is 0.625. The van der Waals surface area contributed by atoms with Crippen molar-refractivity contribution >= 4 is 5.96 Å². The molecule has 1 aromatic rings. The first-order chi connectivity index (χ1) is 10.8. The zero-order valence-electron chi connectivity index (χ0n) is 13.4. The fourth-order valence-corrected chi connectivity index (χ4v) is 2.91. The summed E-state index contributed by atoms with van der Waals surface area (Å²) in [5.41, 5.74) is 1.24. The second kappa shape index (κ2) is 6.90. The van der Waals surface area contributed by atoms with Crippen molar-refractivity contribution in [3.05, 3.63) is 23.8 Å². The summed E-state index contributed by atoms with van der Waals surface area (Å²) in [6, 6.07) is 6.73. The van der Waals surface area contributed by atoms with Gasteiger partial charge in [0.1, 0.15) is 0 Å². The zero-order valence-corrected chi connectivity index (χ0v) is 13.4. The van der Waals surface area contributed by atoms with E-state index in [0.717, 1.165) is 36.3 Å². The van der Waals surface area contributed by atoms with Gasteiger partial charge in [0.25, 0.3) is 0 Å². The van der Waals surface area contributed by atoms with Crippen LogP contribution >= 0.6 is 0 Å². The van der Waals surface area contributed by atoms with Crippen LogP contribution in [-0.4, -0.2) is 32.4 Å². The Morgan fingerprint density at radius 1 is 1.32 bits per heavy atom. The predicted molar refractivity (Wildman–Crippen MR) is 87.6 cm³/mol. The Balaban J connectivity index is 1.42. The van der Waals surface area contributed by atoms with Crippen LogP contribution in [0, 0.1) is 5.92 Å². The van der Waals surface area contributed by atoms with Crippen LogP contribution in [0.25, 0.3) is 0 Å². The van der Waals surface area contributed by atoms with Crippen LogP contribution in [0.5, 0.6) is 11.5 Å². The van der Waals surface area contributed by atoms with Gasteiger partial charge < -0.3 is 20.1 Å². The van der Waals surface area contributed by atoms with Gasteiger partial charge in [0.15, 0.2) is 17.5 Å². The summed E-state index contributed by atoms with van der Waals surface area (Å²) in [4.78, 5) is 4.30. The van der Waals surface area contributed by atoms with Crippen molar-refractivity contribution in [2.75, 3.05) is 20.4 Å². The number of benzene rings is 1. The van der Waals surface area contributed by atoms with E-state index in [1.807, 2.05) is 13.1 Å². The van der Waals surface area contributed by atoms with Crippen LogP contribution in [0.15, 0.2) is 23.2 Å². The number of aliphatic imine (C=N–C) groups is 1. The number of nitrogens with zero attached hydrogens (tertiary/aromatic N) is 1. The monoisotopic (exact) mass is 303 g/mol. The molecule has 1 aliphatic carbocycles. The second-order valence-corrected chi connectivity index (χ2v) is 5.97. The average molecular weight is 303 g/mol. The van der Waals surface area contributed by atoms with E-state index in [1.165, 1.54) is 24.8 Å². The minimum absolute atomic E-state index is 0.327. The van der Waals surface area contributed by atoms with Gasteiger partial charge in [-0.1, -0.05) is 19.4 Å². The van der Waals surface area contributed by atoms with Gasteiger partial charge in [0, 0.05) is 19.6 Å². The first kappa shape index (κ1) is 15.0. The van der Waals surface area contributed by atoms with Crippen LogP contribution in [0.2, 0.25) is 0 Å². The molecule has 1 aliphatic heterocycles. The lowest BCUT2D eigenvalue weighted by atomic mass is 10.1. The second-order valence-electron chi connectivity index (χ2n) is 5.97. The lowest BCUT2D eigenvalue weighted by Crippen LogP contribution is -2.40. The molecule has 0 bridgehead atoms. The van der Waals surface area contributed by atoms with E-state index in [2.05, 4.69) is 34.7 Å². The third-order valence-corrected chi connectivity index (χ3v) is 4.27. The number of fused-ring (bicyclic) bond motifs is 1. The third kappa shape index (κ3) is 3.64. The molecule has 22 heavy (non-hydrogen) atoms. The van der Waals surface area contributed by atoms with Crippen molar-refractivity contribution in [2.24, 2.45) is 10.9 Å². The highest BCUT2D eigenvalue weighted by atomic mass is 16.7. The molecule has 5 heteroatoms. The molecule has 120 valence electrons. The summed E-state index contributed by atoms with van der Waals surface area (Å²) in [5, 5.41) is 6.88. The van der Waals surface area contributed by atoms with E-state index in [-0.39, 0.29) is 0 Å². The maximum Gasteiger partial charge on any atom is 0.231 e. The lowest BCUT2D eigenvalue weighted by Gasteiger charge is -2.12. The van der Waals surface area contributed by atoms with Gasteiger partial charge in [-0.05, 0) is 42.9 Å². The molecular formula is C17H25N3O2. The maximum atomic E-state index is 5.40. The van der Waals surface area contributed by atoms with Gasteiger partial charge in [0.2, 0.25) is 6.79 Å². The van der Waals surface area contributed by atoms with Crippen molar-refractivity contribution in [3.8, 4) is 11.5 Å². The molecule has 2 N–H and O–H groups in total. The Kier molecular flexibility index (Phi) is 4.71. The summed E-state index contributed by atoms with van der Waals surface area (Å²) >= 11 is 0. The molecular weight excluding hydrogens is 278 g/mol. The average Bonchev–Trinajstić information content (AvgIpc) is 3.08. The predicted octanol–water partition coefficient (Wildman–Crippen LogP) is 2.31. The fraction of sp³-hybridized carbons (Fsp3) is 0.588. The van der Waals surface area contributed by atoms with E-state index < -0.39 is 0 Å². The highest BCUT2D eigenvalue weighted by Crippen LogP contribution is 2.34. The molecule has 1 aromatic carbocycles. The minimum atomic E-state index is 0.327. The number of hydrogen-bond donors (Lipinski definition) is 2. The van der Waals surface area contributed by atoms with Crippen molar-refractivity contribution in [3.63, 3.8) is 0 Å². The first-order valence-electron chi connectivity index (χ1n) is 8.16. The topological polar surface area (TPSA) is 54.9 Å². The van der Waals surface area contributed by atoms with Gasteiger partial charge in [0.05, 0.1) is 0 Å². The molecule has 0 spiro atoms. The number of rotatable bonds is 6. The molecule has 0 aromatic heterocycles. The van der Waals surface area contributed by atoms with E-state index in [9.17, 15) is 0 Å². The summed E-state index contributed by atoms with van der Waals surface area (Å²) in [6.07, 6.45) is 4.78. The summed E-state index contributed by atoms with van der Waals surface area (Å²) in [6.45, 7) is 3.42. The normalized spacial score (nSPS) is 22.5. The van der Waals surface area contributed by atoms with Crippen LogP contribution in [0.4, 0.5) is 0 Å². The van der Waals surface area contributed by atoms with Crippen molar-refractivity contribution in [1.82, 2.24) is 10.6 Å². The Morgan fingerprint density at radius 3 is 3.00 bits per heavy atom. The lowest BCUT2D eigenvalue weighted by molar-refractivity contribution is 0.174. The van der Waals surface area contributed by atoms with E-state index in [1.54, 1.807) is 0 Å². The number of guanidine groups is 1. The fourth-order valence-electron chi connectivity index (χ4n) is 2.91. The van der Waals surface area contributed by atoms with Crippen molar-refractivity contribution in [1.29, 1.82) is 0 Å². The standard InChI is InChI=1S/C17H25N3O2/c1-3-4-13-10-14(13)20-17(18-2)19-8-7-12-5-6-15-16(9-12)22-11-21-15/h5-6,9,13-14H,3-4,7-8,10-11H2,1-2H3,(H2,18,19,20). The summed E-state index contributed by atoms with van der Waals surface area (Å²) in [5.74, 6) is 3.42. The first-order valence-corrected chi connectivity index (χ1v) is 8.16. The minimum Gasteiger partial charge on any atom is -0.454 e. The van der Waals surface area contributed by atoms with Crippen LogP contribution in [0.3, 0.4) is 0 Å². The molecule has 0 radical (unpaired) electrons. The molecule has 0 amide bonds. The Bertz CT molecular complexity index is 545. The van der Waals surface area contributed by atoms with Crippen LogP contribution in [0.1, 0.15) is 31.7 Å². The highest BCUT2D eigenvalue weighted by molar-refractivity contribution is 5.80. The number of ether oxygens (including phenoxy) is 2. The molecule has 2 atom stereocenters. The van der Waals surface area contributed by atoms with Gasteiger partial charge >= 0.3 is 0 Å². The highest BCUT2D eigenvalue weighted by Gasteiger charge is 2.36. The third-order valence-electron chi connectivity index (χ3n) is 4.27. The Morgan fingerprint density at radius 2 is 2.18 bits per heavy atom. The van der Waals surface area contributed by atoms with Gasteiger partial charge in [-0.2, -0.15) is 0 Å². The molecule has 2 aliphatic rings. The SMILES string of the molecule is CCCC1CC1NC(=NC)NCCc1ccc2c(c1)OCO2. The molecule has 5 nitrogen and oxygen atoms in total. The van der Waals surface area contributed by atoms with E-state index in [4.69, 9.17) is 9.47 Å². The van der Waals surface area contributed by atoms with Crippen LogP contribution < -0.4 is 20.1 Å². The molecule has 0 saturated heterocycles.